The Hall–Kier alpha value is -1.61. The predicted molar refractivity (Wildman–Crippen MR) is 75.0 cm³/mol. The quantitative estimate of drug-likeness (QED) is 0.739. The van der Waals surface area contributed by atoms with Crippen molar-refractivity contribution in [1.82, 2.24) is 0 Å². The summed E-state index contributed by atoms with van der Waals surface area (Å²) >= 11 is 1.39. The maximum atomic E-state index is 10.6. The molecule has 0 saturated carbocycles. The van der Waals surface area contributed by atoms with E-state index in [9.17, 15) is 4.79 Å². The summed E-state index contributed by atoms with van der Waals surface area (Å²) in [6.07, 6.45) is 0.842. The van der Waals surface area contributed by atoms with Gasteiger partial charge in [-0.3, -0.25) is 4.79 Å². The van der Waals surface area contributed by atoms with Crippen LogP contribution in [0, 0.1) is 6.92 Å². The number of benzene rings is 1. The van der Waals surface area contributed by atoms with Gasteiger partial charge in [-0.05, 0) is 30.0 Å². The fourth-order valence-electron chi connectivity index (χ4n) is 1.66. The van der Waals surface area contributed by atoms with Crippen LogP contribution < -0.4 is 4.74 Å². The number of hydrogen-bond donors (Lipinski definition) is 0. The molecule has 0 aliphatic rings. The first-order chi connectivity index (χ1) is 8.60. The number of aryl methyl sites for hydroxylation is 1. The zero-order chi connectivity index (χ0) is 13.1. The highest BCUT2D eigenvalue weighted by Crippen LogP contribution is 2.30. The molecular formula is C15H16O2S. The van der Waals surface area contributed by atoms with E-state index in [1.165, 1.54) is 16.9 Å². The monoisotopic (exact) mass is 260 g/mol. The van der Waals surface area contributed by atoms with Crippen LogP contribution in [0.15, 0.2) is 29.6 Å². The lowest BCUT2D eigenvalue weighted by Crippen LogP contribution is -1.91. The van der Waals surface area contributed by atoms with Crippen LogP contribution in [0.3, 0.4) is 0 Å². The first-order valence-electron chi connectivity index (χ1n) is 5.92. The van der Waals surface area contributed by atoms with Crippen molar-refractivity contribution in [2.75, 3.05) is 0 Å². The number of thiophene rings is 1. The molecule has 0 saturated heterocycles. The third kappa shape index (κ3) is 2.79. The second-order valence-corrected chi connectivity index (χ2v) is 5.53. The van der Waals surface area contributed by atoms with E-state index in [-0.39, 0.29) is 0 Å². The predicted octanol–water partition coefficient (Wildman–Crippen LogP) is 4.78. The molecule has 0 radical (unpaired) electrons. The Kier molecular flexibility index (Phi) is 3.82. The third-order valence-electron chi connectivity index (χ3n) is 2.82. The van der Waals surface area contributed by atoms with Gasteiger partial charge in [-0.25, -0.2) is 0 Å². The summed E-state index contributed by atoms with van der Waals surface area (Å²) in [4.78, 5) is 11.3. The fraction of sp³-hybridized carbons (Fsp3) is 0.267. The SMILES string of the molecule is Cc1ccc(C(C)C)cc1Oc1csc(C=O)c1. The molecule has 2 aromatic rings. The first kappa shape index (κ1) is 12.8. The van der Waals surface area contributed by atoms with E-state index >= 15 is 0 Å². The van der Waals surface area contributed by atoms with Gasteiger partial charge in [0.15, 0.2) is 6.29 Å². The van der Waals surface area contributed by atoms with E-state index in [0.717, 1.165) is 23.3 Å². The molecule has 0 N–H and O–H groups in total. The van der Waals surface area contributed by atoms with E-state index in [4.69, 9.17) is 4.74 Å². The zero-order valence-corrected chi connectivity index (χ0v) is 11.6. The normalized spacial score (nSPS) is 10.7. The molecular weight excluding hydrogens is 244 g/mol. The molecule has 1 aromatic heterocycles. The van der Waals surface area contributed by atoms with Crippen molar-refractivity contribution in [3.63, 3.8) is 0 Å². The Morgan fingerprint density at radius 3 is 2.67 bits per heavy atom. The summed E-state index contributed by atoms with van der Waals surface area (Å²) in [7, 11) is 0. The topological polar surface area (TPSA) is 26.3 Å². The lowest BCUT2D eigenvalue weighted by Gasteiger charge is -2.11. The molecule has 2 rings (SSSR count). The number of carbonyl (C=O) groups excluding carboxylic acids is 1. The van der Waals surface area contributed by atoms with E-state index in [1.807, 2.05) is 12.3 Å². The van der Waals surface area contributed by atoms with E-state index < -0.39 is 0 Å². The minimum absolute atomic E-state index is 0.473. The molecule has 18 heavy (non-hydrogen) atoms. The Morgan fingerprint density at radius 1 is 1.28 bits per heavy atom. The van der Waals surface area contributed by atoms with Crippen LogP contribution in [-0.4, -0.2) is 6.29 Å². The van der Waals surface area contributed by atoms with Crippen molar-refractivity contribution >= 4 is 17.6 Å². The van der Waals surface area contributed by atoms with Crippen molar-refractivity contribution < 1.29 is 9.53 Å². The average molecular weight is 260 g/mol. The summed E-state index contributed by atoms with van der Waals surface area (Å²) in [6.45, 7) is 6.33. The molecule has 0 fully saturated rings. The highest BCUT2D eigenvalue weighted by atomic mass is 32.1. The van der Waals surface area contributed by atoms with Gasteiger partial charge in [0.1, 0.15) is 11.5 Å². The molecule has 0 aliphatic carbocycles. The van der Waals surface area contributed by atoms with Crippen LogP contribution in [0.2, 0.25) is 0 Å². The van der Waals surface area contributed by atoms with Crippen LogP contribution in [0.25, 0.3) is 0 Å². The van der Waals surface area contributed by atoms with Gasteiger partial charge in [0.2, 0.25) is 0 Å². The van der Waals surface area contributed by atoms with Gasteiger partial charge >= 0.3 is 0 Å². The van der Waals surface area contributed by atoms with Crippen molar-refractivity contribution in [2.24, 2.45) is 0 Å². The van der Waals surface area contributed by atoms with Gasteiger partial charge in [-0.2, -0.15) is 0 Å². The van der Waals surface area contributed by atoms with Gasteiger partial charge in [-0.1, -0.05) is 26.0 Å². The molecule has 0 amide bonds. The highest BCUT2D eigenvalue weighted by Gasteiger charge is 2.07. The van der Waals surface area contributed by atoms with Crippen LogP contribution in [0.4, 0.5) is 0 Å². The van der Waals surface area contributed by atoms with Crippen LogP contribution in [-0.2, 0) is 0 Å². The van der Waals surface area contributed by atoms with Gasteiger partial charge in [-0.15, -0.1) is 11.3 Å². The van der Waals surface area contributed by atoms with E-state index in [1.54, 1.807) is 6.07 Å². The van der Waals surface area contributed by atoms with Gasteiger partial charge in [0.25, 0.3) is 0 Å². The Bertz CT molecular complexity index is 555. The molecule has 94 valence electrons. The number of ether oxygens (including phenoxy) is 1. The summed E-state index contributed by atoms with van der Waals surface area (Å²) in [5.41, 5.74) is 2.35. The Balaban J connectivity index is 2.27. The number of hydrogen-bond acceptors (Lipinski definition) is 3. The highest BCUT2D eigenvalue weighted by molar-refractivity contribution is 7.11. The molecule has 0 aliphatic heterocycles. The third-order valence-corrected chi connectivity index (χ3v) is 3.65. The largest absolute Gasteiger partial charge is 0.456 e. The van der Waals surface area contributed by atoms with Gasteiger partial charge < -0.3 is 4.74 Å². The van der Waals surface area contributed by atoms with Crippen LogP contribution in [0.5, 0.6) is 11.5 Å². The summed E-state index contributed by atoms with van der Waals surface area (Å²) < 4.78 is 5.83. The molecule has 0 spiro atoms. The standard InChI is InChI=1S/C15H16O2S/c1-10(2)12-5-4-11(3)15(6-12)17-13-7-14(8-16)18-9-13/h4-10H,1-3H3. The summed E-state index contributed by atoms with van der Waals surface area (Å²) in [6, 6.07) is 8.02. The zero-order valence-electron chi connectivity index (χ0n) is 10.8. The molecule has 0 unspecified atom stereocenters. The summed E-state index contributed by atoms with van der Waals surface area (Å²) in [5.74, 6) is 2.06. The van der Waals surface area contributed by atoms with Crippen molar-refractivity contribution in [1.29, 1.82) is 0 Å². The van der Waals surface area contributed by atoms with Crippen molar-refractivity contribution in [3.05, 3.63) is 45.6 Å². The second kappa shape index (κ2) is 5.36. The second-order valence-electron chi connectivity index (χ2n) is 4.58. The fourth-order valence-corrected chi connectivity index (χ4v) is 2.27. The van der Waals surface area contributed by atoms with Crippen LogP contribution >= 0.6 is 11.3 Å². The number of aldehydes is 1. The average Bonchev–Trinajstić information content (AvgIpc) is 2.79. The van der Waals surface area contributed by atoms with E-state index in [2.05, 4.69) is 32.0 Å². The maximum absolute atomic E-state index is 10.6. The van der Waals surface area contributed by atoms with E-state index in [0.29, 0.717) is 10.8 Å². The van der Waals surface area contributed by atoms with Gasteiger partial charge in [0.05, 0.1) is 4.88 Å². The lowest BCUT2D eigenvalue weighted by molar-refractivity contribution is 0.112. The minimum Gasteiger partial charge on any atom is -0.456 e. The molecule has 0 bridgehead atoms. The summed E-state index contributed by atoms with van der Waals surface area (Å²) in [5, 5.41) is 1.85. The molecule has 2 nitrogen and oxygen atoms in total. The van der Waals surface area contributed by atoms with Crippen molar-refractivity contribution in [2.45, 2.75) is 26.7 Å². The Labute approximate surface area is 111 Å². The molecule has 0 atom stereocenters. The molecule has 1 heterocycles. The lowest BCUT2D eigenvalue weighted by atomic mass is 10.0. The maximum Gasteiger partial charge on any atom is 0.160 e. The van der Waals surface area contributed by atoms with Crippen molar-refractivity contribution in [3.8, 4) is 11.5 Å². The minimum atomic E-state index is 0.473. The first-order valence-corrected chi connectivity index (χ1v) is 6.80. The Morgan fingerprint density at radius 2 is 2.06 bits per heavy atom. The van der Waals surface area contributed by atoms with Gasteiger partial charge in [0, 0.05) is 11.4 Å². The number of rotatable bonds is 4. The molecule has 3 heteroatoms. The molecule has 1 aromatic carbocycles. The van der Waals surface area contributed by atoms with Crippen LogP contribution in [0.1, 0.15) is 40.6 Å². The smallest absolute Gasteiger partial charge is 0.160 e. The number of carbonyl (C=O) groups is 1.